The standard InChI is InChI=1S/C10H8F6O2/c11-8(9(12,13)14)10(15,16)18-7-3-1-6(5-17)2-4-7/h1-4,8,17H,5H2. The monoisotopic (exact) mass is 274 g/mol. The van der Waals surface area contributed by atoms with E-state index < -0.39 is 24.2 Å². The van der Waals surface area contributed by atoms with Crippen molar-refractivity contribution in [3.05, 3.63) is 29.8 Å². The van der Waals surface area contributed by atoms with Crippen LogP contribution in [0, 0.1) is 0 Å². The van der Waals surface area contributed by atoms with Crippen molar-refractivity contribution in [2.75, 3.05) is 0 Å². The fourth-order valence-electron chi connectivity index (χ4n) is 1.06. The van der Waals surface area contributed by atoms with E-state index in [1.807, 2.05) is 0 Å². The van der Waals surface area contributed by atoms with Gasteiger partial charge in [0, 0.05) is 0 Å². The lowest BCUT2D eigenvalue weighted by molar-refractivity contribution is -0.304. The molecule has 8 heteroatoms. The average molecular weight is 274 g/mol. The molecule has 0 saturated carbocycles. The minimum atomic E-state index is -5.71. The van der Waals surface area contributed by atoms with Gasteiger partial charge in [-0.25, -0.2) is 4.39 Å². The highest BCUT2D eigenvalue weighted by molar-refractivity contribution is 5.27. The molecule has 1 N–H and O–H groups in total. The minimum Gasteiger partial charge on any atom is -0.430 e. The Morgan fingerprint density at radius 3 is 1.94 bits per heavy atom. The Morgan fingerprint density at radius 2 is 1.56 bits per heavy atom. The second-order valence-corrected chi connectivity index (χ2v) is 3.37. The topological polar surface area (TPSA) is 29.5 Å². The van der Waals surface area contributed by atoms with Crippen molar-refractivity contribution in [2.24, 2.45) is 0 Å². The van der Waals surface area contributed by atoms with Crippen LogP contribution < -0.4 is 4.74 Å². The lowest BCUT2D eigenvalue weighted by Crippen LogP contribution is -2.45. The third-order valence-electron chi connectivity index (χ3n) is 1.94. The number of aliphatic hydroxyl groups excluding tert-OH is 1. The molecule has 102 valence electrons. The number of hydrogen-bond donors (Lipinski definition) is 1. The molecule has 0 radical (unpaired) electrons. The Balaban J connectivity index is 2.81. The van der Waals surface area contributed by atoms with E-state index in [2.05, 4.69) is 4.74 Å². The molecule has 1 rings (SSSR count). The summed E-state index contributed by atoms with van der Waals surface area (Å²) >= 11 is 0. The number of rotatable bonds is 4. The molecule has 18 heavy (non-hydrogen) atoms. The molecule has 1 unspecified atom stereocenters. The van der Waals surface area contributed by atoms with Crippen molar-refractivity contribution in [1.29, 1.82) is 0 Å². The first-order chi connectivity index (χ1) is 8.16. The highest BCUT2D eigenvalue weighted by Crippen LogP contribution is 2.36. The first-order valence-corrected chi connectivity index (χ1v) is 4.64. The molecule has 0 bridgehead atoms. The van der Waals surface area contributed by atoms with Gasteiger partial charge in [-0.1, -0.05) is 12.1 Å². The number of aliphatic hydroxyl groups is 1. The molecule has 1 atom stereocenters. The van der Waals surface area contributed by atoms with Crippen molar-refractivity contribution >= 4 is 0 Å². The second kappa shape index (κ2) is 5.05. The summed E-state index contributed by atoms with van der Waals surface area (Å²) in [6.45, 7) is -0.370. The summed E-state index contributed by atoms with van der Waals surface area (Å²) in [5, 5.41) is 8.66. The molecule has 0 aromatic heterocycles. The summed E-state index contributed by atoms with van der Waals surface area (Å²) in [5.41, 5.74) is 0.346. The molecule has 1 aromatic carbocycles. The van der Waals surface area contributed by atoms with E-state index in [9.17, 15) is 26.3 Å². The molecular formula is C10H8F6O2. The number of ether oxygens (including phenoxy) is 1. The number of halogens is 6. The van der Waals surface area contributed by atoms with Gasteiger partial charge >= 0.3 is 12.3 Å². The zero-order valence-corrected chi connectivity index (χ0v) is 8.72. The first-order valence-electron chi connectivity index (χ1n) is 4.64. The summed E-state index contributed by atoms with van der Waals surface area (Å²) in [5.74, 6) is -0.635. The molecule has 0 aliphatic carbocycles. The van der Waals surface area contributed by atoms with Gasteiger partial charge in [0.2, 0.25) is 0 Å². The fraction of sp³-hybridized carbons (Fsp3) is 0.400. The van der Waals surface area contributed by atoms with E-state index in [-0.39, 0.29) is 6.61 Å². The zero-order chi connectivity index (χ0) is 14.0. The van der Waals surface area contributed by atoms with Crippen molar-refractivity contribution < 1.29 is 36.2 Å². The molecule has 0 heterocycles. The number of alkyl halides is 6. The highest BCUT2D eigenvalue weighted by atomic mass is 19.4. The van der Waals surface area contributed by atoms with Crippen LogP contribution in [0.4, 0.5) is 26.3 Å². The third-order valence-corrected chi connectivity index (χ3v) is 1.94. The van der Waals surface area contributed by atoms with E-state index in [1.54, 1.807) is 0 Å². The molecule has 0 aliphatic heterocycles. The van der Waals surface area contributed by atoms with Gasteiger partial charge in [0.1, 0.15) is 5.75 Å². The van der Waals surface area contributed by atoms with Gasteiger partial charge in [0.15, 0.2) is 0 Å². The Morgan fingerprint density at radius 1 is 1.06 bits per heavy atom. The number of benzene rings is 1. The quantitative estimate of drug-likeness (QED) is 0.855. The summed E-state index contributed by atoms with van der Waals surface area (Å²) in [6.07, 6.45) is -15.1. The maximum atomic E-state index is 12.8. The predicted molar refractivity (Wildman–Crippen MR) is 48.9 cm³/mol. The molecule has 0 fully saturated rings. The van der Waals surface area contributed by atoms with E-state index in [0.29, 0.717) is 5.56 Å². The van der Waals surface area contributed by atoms with E-state index >= 15 is 0 Å². The van der Waals surface area contributed by atoms with Gasteiger partial charge in [-0.2, -0.15) is 22.0 Å². The molecular weight excluding hydrogens is 266 g/mol. The Kier molecular flexibility index (Phi) is 4.10. The van der Waals surface area contributed by atoms with Crippen LogP contribution in [0.1, 0.15) is 5.56 Å². The van der Waals surface area contributed by atoms with Crippen LogP contribution in [-0.4, -0.2) is 23.6 Å². The van der Waals surface area contributed by atoms with Gasteiger partial charge in [-0.3, -0.25) is 0 Å². The highest BCUT2D eigenvalue weighted by Gasteiger charge is 2.59. The van der Waals surface area contributed by atoms with Gasteiger partial charge in [0.25, 0.3) is 6.17 Å². The Bertz CT molecular complexity index is 386. The molecule has 0 saturated heterocycles. The van der Waals surface area contributed by atoms with Crippen LogP contribution >= 0.6 is 0 Å². The lowest BCUT2D eigenvalue weighted by Gasteiger charge is -2.23. The molecule has 0 amide bonds. The summed E-state index contributed by atoms with van der Waals surface area (Å²) < 4.78 is 77.2. The van der Waals surface area contributed by atoms with Crippen LogP contribution in [0.15, 0.2) is 24.3 Å². The van der Waals surface area contributed by atoms with Crippen LogP contribution in [0.2, 0.25) is 0 Å². The van der Waals surface area contributed by atoms with E-state index in [1.165, 1.54) is 0 Å². The van der Waals surface area contributed by atoms with Crippen LogP contribution in [0.5, 0.6) is 5.75 Å². The van der Waals surface area contributed by atoms with Gasteiger partial charge < -0.3 is 9.84 Å². The van der Waals surface area contributed by atoms with Gasteiger partial charge in [-0.05, 0) is 17.7 Å². The second-order valence-electron chi connectivity index (χ2n) is 3.37. The first kappa shape index (κ1) is 14.6. The maximum Gasteiger partial charge on any atom is 0.439 e. The fourth-order valence-corrected chi connectivity index (χ4v) is 1.06. The summed E-state index contributed by atoms with van der Waals surface area (Å²) in [4.78, 5) is 0. The average Bonchev–Trinajstić information content (AvgIpc) is 2.27. The third kappa shape index (κ3) is 3.52. The normalized spacial score (nSPS) is 14.4. The van der Waals surface area contributed by atoms with Gasteiger partial charge in [0.05, 0.1) is 6.61 Å². The molecule has 2 nitrogen and oxygen atoms in total. The van der Waals surface area contributed by atoms with Crippen molar-refractivity contribution in [3.63, 3.8) is 0 Å². The molecule has 0 spiro atoms. The van der Waals surface area contributed by atoms with Crippen molar-refractivity contribution in [3.8, 4) is 5.75 Å². The number of hydrogen-bond acceptors (Lipinski definition) is 2. The van der Waals surface area contributed by atoms with Crippen molar-refractivity contribution in [2.45, 2.75) is 25.1 Å². The SMILES string of the molecule is OCc1ccc(OC(F)(F)C(F)C(F)(F)F)cc1. The predicted octanol–water partition coefficient (Wildman–Crippen LogP) is 3.05. The van der Waals surface area contributed by atoms with Gasteiger partial charge in [-0.15, -0.1) is 0 Å². The van der Waals surface area contributed by atoms with Crippen LogP contribution in [-0.2, 0) is 6.61 Å². The zero-order valence-electron chi connectivity index (χ0n) is 8.72. The van der Waals surface area contributed by atoms with Crippen molar-refractivity contribution in [1.82, 2.24) is 0 Å². The lowest BCUT2D eigenvalue weighted by atomic mass is 10.2. The van der Waals surface area contributed by atoms with E-state index in [0.717, 1.165) is 24.3 Å². The molecule has 1 aromatic rings. The smallest absolute Gasteiger partial charge is 0.430 e. The molecule has 0 aliphatic rings. The van der Waals surface area contributed by atoms with Crippen LogP contribution in [0.3, 0.4) is 0 Å². The Hall–Kier alpha value is -1.44. The maximum absolute atomic E-state index is 12.8. The van der Waals surface area contributed by atoms with E-state index in [4.69, 9.17) is 5.11 Å². The Labute approximate surface area is 97.8 Å². The van der Waals surface area contributed by atoms with Crippen LogP contribution in [0.25, 0.3) is 0 Å². The largest absolute Gasteiger partial charge is 0.439 e. The summed E-state index contributed by atoms with van der Waals surface area (Å²) in [6, 6.07) is 4.13. The minimum absolute atomic E-state index is 0.346. The summed E-state index contributed by atoms with van der Waals surface area (Å²) in [7, 11) is 0.